The highest BCUT2D eigenvalue weighted by atomic mass is 19.2. The highest BCUT2D eigenvalue weighted by molar-refractivity contribution is 5.62. The fourth-order valence-electron chi connectivity index (χ4n) is 1.71. The molecule has 19 heavy (non-hydrogen) atoms. The Morgan fingerprint density at radius 3 is 2.37 bits per heavy atom. The molecule has 0 atom stereocenters. The molecule has 0 saturated heterocycles. The molecule has 0 unspecified atom stereocenters. The van der Waals surface area contributed by atoms with Gasteiger partial charge in [-0.2, -0.15) is 0 Å². The first kappa shape index (κ1) is 13.3. The topological polar surface area (TPSA) is 51.8 Å². The Bertz CT molecular complexity index is 614. The third-order valence-corrected chi connectivity index (χ3v) is 2.55. The second-order valence-electron chi connectivity index (χ2n) is 4.09. The number of nitrogens with two attached hydrogens (primary N) is 1. The van der Waals surface area contributed by atoms with E-state index in [4.69, 9.17) is 5.73 Å². The van der Waals surface area contributed by atoms with Crippen LogP contribution >= 0.6 is 0 Å². The Morgan fingerprint density at radius 1 is 1.00 bits per heavy atom. The zero-order chi connectivity index (χ0) is 14.0. The molecule has 0 spiro atoms. The van der Waals surface area contributed by atoms with Crippen LogP contribution in [0.15, 0.2) is 18.2 Å². The first-order valence-corrected chi connectivity index (χ1v) is 5.79. The van der Waals surface area contributed by atoms with Gasteiger partial charge in [-0.15, -0.1) is 0 Å². The van der Waals surface area contributed by atoms with Gasteiger partial charge in [0.2, 0.25) is 0 Å². The lowest BCUT2D eigenvalue weighted by Gasteiger charge is -2.07. The highest BCUT2D eigenvalue weighted by Gasteiger charge is 2.14. The van der Waals surface area contributed by atoms with Gasteiger partial charge >= 0.3 is 0 Å². The van der Waals surface area contributed by atoms with E-state index < -0.39 is 17.5 Å². The van der Waals surface area contributed by atoms with Crippen LogP contribution in [-0.4, -0.2) is 9.97 Å². The van der Waals surface area contributed by atoms with Crippen LogP contribution in [0.25, 0.3) is 11.3 Å². The minimum absolute atomic E-state index is 0.134. The van der Waals surface area contributed by atoms with Crippen molar-refractivity contribution in [1.82, 2.24) is 9.97 Å². The lowest BCUT2D eigenvalue weighted by molar-refractivity contribution is 0.496. The predicted molar refractivity (Wildman–Crippen MR) is 65.7 cm³/mol. The van der Waals surface area contributed by atoms with Gasteiger partial charge in [0, 0.05) is 24.1 Å². The van der Waals surface area contributed by atoms with Gasteiger partial charge in [0.05, 0.1) is 5.69 Å². The molecule has 0 aliphatic rings. The van der Waals surface area contributed by atoms with Crippen molar-refractivity contribution in [3.8, 4) is 11.3 Å². The summed E-state index contributed by atoms with van der Waals surface area (Å²) in [6, 6.07) is 2.58. The SMILES string of the molecule is CCCc1nc(N)cc(-c2cc(F)c(F)cc2F)n1. The van der Waals surface area contributed by atoms with Gasteiger partial charge in [-0.3, -0.25) is 0 Å². The van der Waals surface area contributed by atoms with Crippen molar-refractivity contribution in [2.75, 3.05) is 5.73 Å². The molecule has 1 aromatic heterocycles. The van der Waals surface area contributed by atoms with E-state index in [-0.39, 0.29) is 17.1 Å². The van der Waals surface area contributed by atoms with Crippen LogP contribution in [0.3, 0.4) is 0 Å². The fraction of sp³-hybridized carbons (Fsp3) is 0.231. The number of aromatic nitrogens is 2. The lowest BCUT2D eigenvalue weighted by atomic mass is 10.1. The van der Waals surface area contributed by atoms with Crippen molar-refractivity contribution >= 4 is 5.82 Å². The van der Waals surface area contributed by atoms with Crippen LogP contribution < -0.4 is 5.73 Å². The highest BCUT2D eigenvalue weighted by Crippen LogP contribution is 2.25. The van der Waals surface area contributed by atoms with E-state index in [1.807, 2.05) is 6.92 Å². The molecule has 2 rings (SSSR count). The fourth-order valence-corrected chi connectivity index (χ4v) is 1.71. The number of nitrogen functional groups attached to an aromatic ring is 1. The number of hydrogen-bond acceptors (Lipinski definition) is 3. The third-order valence-electron chi connectivity index (χ3n) is 2.55. The van der Waals surface area contributed by atoms with Crippen LogP contribution in [0.5, 0.6) is 0 Å². The number of nitrogens with zero attached hydrogens (tertiary/aromatic N) is 2. The lowest BCUT2D eigenvalue weighted by Crippen LogP contribution is -2.02. The Labute approximate surface area is 108 Å². The molecule has 6 heteroatoms. The minimum Gasteiger partial charge on any atom is -0.384 e. The van der Waals surface area contributed by atoms with Crippen molar-refractivity contribution < 1.29 is 13.2 Å². The molecule has 0 amide bonds. The second kappa shape index (κ2) is 5.26. The maximum Gasteiger partial charge on any atom is 0.161 e. The molecular formula is C13H12F3N3. The van der Waals surface area contributed by atoms with Gasteiger partial charge < -0.3 is 5.73 Å². The van der Waals surface area contributed by atoms with Gasteiger partial charge in [-0.1, -0.05) is 6.92 Å². The summed E-state index contributed by atoms with van der Waals surface area (Å²) in [5, 5.41) is 0. The molecular weight excluding hydrogens is 255 g/mol. The van der Waals surface area contributed by atoms with Gasteiger partial charge in [0.15, 0.2) is 11.6 Å². The summed E-state index contributed by atoms with van der Waals surface area (Å²) in [5.74, 6) is -2.65. The summed E-state index contributed by atoms with van der Waals surface area (Å²) in [6.07, 6.45) is 1.37. The molecule has 1 heterocycles. The van der Waals surface area contributed by atoms with Crippen molar-refractivity contribution in [1.29, 1.82) is 0 Å². The summed E-state index contributed by atoms with van der Waals surface area (Å²) in [7, 11) is 0. The first-order valence-electron chi connectivity index (χ1n) is 5.79. The number of aryl methyl sites for hydroxylation is 1. The van der Waals surface area contributed by atoms with Crippen LogP contribution in [0.4, 0.5) is 19.0 Å². The average molecular weight is 267 g/mol. The standard InChI is InChI=1S/C13H12F3N3/c1-2-3-13-18-11(6-12(17)19-13)7-4-9(15)10(16)5-8(7)14/h4-6H,2-3H2,1H3,(H2,17,18,19). The van der Waals surface area contributed by atoms with E-state index in [9.17, 15) is 13.2 Å². The summed E-state index contributed by atoms with van der Waals surface area (Å²) in [6.45, 7) is 1.93. The molecule has 100 valence electrons. The second-order valence-corrected chi connectivity index (χ2v) is 4.09. The molecule has 2 aromatic rings. The number of benzene rings is 1. The molecule has 0 aliphatic carbocycles. The van der Waals surface area contributed by atoms with E-state index >= 15 is 0 Å². The van der Waals surface area contributed by atoms with E-state index in [1.165, 1.54) is 6.07 Å². The van der Waals surface area contributed by atoms with Crippen LogP contribution in [0.1, 0.15) is 19.2 Å². The monoisotopic (exact) mass is 267 g/mol. The Hall–Kier alpha value is -2.11. The number of rotatable bonds is 3. The van der Waals surface area contributed by atoms with Gasteiger partial charge in [0.25, 0.3) is 0 Å². The largest absolute Gasteiger partial charge is 0.384 e. The summed E-state index contributed by atoms with van der Waals surface area (Å²) >= 11 is 0. The Morgan fingerprint density at radius 2 is 1.68 bits per heavy atom. The van der Waals surface area contributed by atoms with Crippen molar-refractivity contribution in [3.05, 3.63) is 41.5 Å². The van der Waals surface area contributed by atoms with E-state index in [1.54, 1.807) is 0 Å². The zero-order valence-corrected chi connectivity index (χ0v) is 10.3. The van der Waals surface area contributed by atoms with Gasteiger partial charge in [0.1, 0.15) is 17.5 Å². The molecule has 0 bridgehead atoms. The molecule has 0 fully saturated rings. The minimum atomic E-state index is -1.24. The van der Waals surface area contributed by atoms with E-state index in [0.29, 0.717) is 18.3 Å². The van der Waals surface area contributed by atoms with Crippen molar-refractivity contribution in [2.45, 2.75) is 19.8 Å². The summed E-state index contributed by atoms with van der Waals surface area (Å²) < 4.78 is 39.7. The Kier molecular flexibility index (Phi) is 3.69. The normalized spacial score (nSPS) is 10.7. The molecule has 1 aromatic carbocycles. The predicted octanol–water partition coefficient (Wildman–Crippen LogP) is 3.10. The van der Waals surface area contributed by atoms with Gasteiger partial charge in [-0.05, 0) is 12.5 Å². The molecule has 0 aliphatic heterocycles. The van der Waals surface area contributed by atoms with Crippen molar-refractivity contribution in [3.63, 3.8) is 0 Å². The quantitative estimate of drug-likeness (QED) is 0.869. The third kappa shape index (κ3) is 2.83. The van der Waals surface area contributed by atoms with Gasteiger partial charge in [-0.25, -0.2) is 23.1 Å². The number of anilines is 1. The van der Waals surface area contributed by atoms with Crippen LogP contribution in [0, 0.1) is 17.5 Å². The molecule has 3 nitrogen and oxygen atoms in total. The maximum absolute atomic E-state index is 13.7. The summed E-state index contributed by atoms with van der Waals surface area (Å²) in [5.41, 5.74) is 5.62. The number of hydrogen-bond donors (Lipinski definition) is 1. The van der Waals surface area contributed by atoms with Crippen LogP contribution in [0.2, 0.25) is 0 Å². The molecule has 0 radical (unpaired) electrons. The molecule has 2 N–H and O–H groups in total. The average Bonchev–Trinajstić information content (AvgIpc) is 2.33. The zero-order valence-electron chi connectivity index (χ0n) is 10.3. The summed E-state index contributed by atoms with van der Waals surface area (Å²) in [4.78, 5) is 8.10. The number of halogens is 3. The van der Waals surface area contributed by atoms with Crippen LogP contribution in [-0.2, 0) is 6.42 Å². The van der Waals surface area contributed by atoms with Crippen molar-refractivity contribution in [2.24, 2.45) is 0 Å². The smallest absolute Gasteiger partial charge is 0.161 e. The maximum atomic E-state index is 13.7. The van der Waals surface area contributed by atoms with E-state index in [0.717, 1.165) is 12.5 Å². The Balaban J connectivity index is 2.55. The van der Waals surface area contributed by atoms with E-state index in [2.05, 4.69) is 9.97 Å². The first-order chi connectivity index (χ1) is 9.01. The molecule has 0 saturated carbocycles.